The van der Waals surface area contributed by atoms with E-state index in [1.165, 1.54) is 16.8 Å². The molecule has 3 aromatic rings. The van der Waals surface area contributed by atoms with E-state index in [-0.39, 0.29) is 23.6 Å². The number of aryl methyl sites for hydroxylation is 1. The lowest BCUT2D eigenvalue weighted by atomic mass is 10.0. The second-order valence-corrected chi connectivity index (χ2v) is 15.5. The van der Waals surface area contributed by atoms with E-state index in [4.69, 9.17) is 4.74 Å². The maximum atomic E-state index is 13.4. The summed E-state index contributed by atoms with van der Waals surface area (Å²) in [5.41, 5.74) is 2.05. The molecule has 0 unspecified atom stereocenters. The van der Waals surface area contributed by atoms with Crippen LogP contribution in [0, 0.1) is 6.92 Å². The lowest BCUT2D eigenvalue weighted by Crippen LogP contribution is -2.48. The van der Waals surface area contributed by atoms with Gasteiger partial charge < -0.3 is 9.64 Å². The number of hydrogen-bond acceptors (Lipinski definition) is 8. The molecule has 0 atom stereocenters. The Morgan fingerprint density at radius 1 is 0.976 bits per heavy atom. The summed E-state index contributed by atoms with van der Waals surface area (Å²) in [6.07, 6.45) is 5.36. The van der Waals surface area contributed by atoms with E-state index in [9.17, 15) is 21.6 Å². The van der Waals surface area contributed by atoms with Gasteiger partial charge in [0.15, 0.2) is 5.65 Å². The lowest BCUT2D eigenvalue weighted by molar-refractivity contribution is 0.0216. The van der Waals surface area contributed by atoms with Crippen LogP contribution in [0.5, 0.6) is 0 Å². The zero-order chi connectivity index (χ0) is 29.6. The third-order valence-corrected chi connectivity index (χ3v) is 11.4. The molecule has 0 saturated carbocycles. The van der Waals surface area contributed by atoms with Gasteiger partial charge in [0.05, 0.1) is 15.8 Å². The highest BCUT2D eigenvalue weighted by Gasteiger charge is 2.37. The summed E-state index contributed by atoms with van der Waals surface area (Å²) in [6.45, 7) is 8.43. The number of carbonyl (C=O) groups excluding carboxylic acids is 1. The first kappa shape index (κ1) is 29.2. The summed E-state index contributed by atoms with van der Waals surface area (Å²) in [4.78, 5) is 22.8. The molecule has 2 aromatic heterocycles. The van der Waals surface area contributed by atoms with Crippen molar-refractivity contribution in [1.82, 2.24) is 23.1 Å². The molecular weight excluding hydrogens is 566 g/mol. The van der Waals surface area contributed by atoms with Crippen molar-refractivity contribution in [3.63, 3.8) is 0 Å². The second-order valence-electron chi connectivity index (χ2n) is 11.4. The van der Waals surface area contributed by atoms with Crippen LogP contribution >= 0.6 is 0 Å². The van der Waals surface area contributed by atoms with Crippen LogP contribution in [0.1, 0.15) is 51.3 Å². The van der Waals surface area contributed by atoms with Gasteiger partial charge in [-0.25, -0.2) is 35.6 Å². The summed E-state index contributed by atoms with van der Waals surface area (Å²) in [6, 6.07) is 8.31. The quantitative estimate of drug-likeness (QED) is 0.432. The van der Waals surface area contributed by atoms with E-state index >= 15 is 0 Å². The zero-order valence-electron chi connectivity index (χ0n) is 23.6. The van der Waals surface area contributed by atoms with Crippen molar-refractivity contribution in [2.24, 2.45) is 0 Å². The van der Waals surface area contributed by atoms with Gasteiger partial charge in [0.25, 0.3) is 10.0 Å². The Hall–Kier alpha value is -3.29. The average Bonchev–Trinajstić information content (AvgIpc) is 3.38. The molecule has 0 N–H and O–H groups in total. The van der Waals surface area contributed by atoms with E-state index in [1.807, 2.05) is 13.0 Å². The first-order valence-corrected chi connectivity index (χ1v) is 16.5. The summed E-state index contributed by atoms with van der Waals surface area (Å²) < 4.78 is 61.6. The first-order valence-electron chi connectivity index (χ1n) is 13.6. The lowest BCUT2D eigenvalue weighted by Gasteiger charge is -2.36. The minimum atomic E-state index is -3.86. The molecule has 4 heterocycles. The average molecular weight is 602 g/mol. The van der Waals surface area contributed by atoms with Crippen LogP contribution in [0.4, 0.5) is 4.79 Å². The third kappa shape index (κ3) is 5.88. The maximum Gasteiger partial charge on any atom is 0.410 e. The van der Waals surface area contributed by atoms with E-state index in [2.05, 4.69) is 9.97 Å². The Balaban J connectivity index is 1.30. The van der Waals surface area contributed by atoms with Crippen molar-refractivity contribution in [2.45, 2.75) is 62.7 Å². The number of amides is 1. The number of aromatic nitrogens is 3. The van der Waals surface area contributed by atoms with Crippen LogP contribution in [0.15, 0.2) is 53.8 Å². The Bertz CT molecular complexity index is 1700. The molecule has 0 aliphatic carbocycles. The van der Waals surface area contributed by atoms with Crippen molar-refractivity contribution in [3.05, 3.63) is 60.2 Å². The van der Waals surface area contributed by atoms with Crippen molar-refractivity contribution in [3.8, 4) is 0 Å². The first-order chi connectivity index (χ1) is 19.3. The number of benzene rings is 1. The topological polar surface area (TPSA) is 132 Å². The number of piperidine rings is 1. The van der Waals surface area contributed by atoms with Crippen molar-refractivity contribution < 1.29 is 26.4 Å². The van der Waals surface area contributed by atoms with Gasteiger partial charge in [-0.1, -0.05) is 23.8 Å². The molecule has 5 rings (SSSR count). The highest BCUT2D eigenvalue weighted by Crippen LogP contribution is 2.31. The van der Waals surface area contributed by atoms with E-state index in [0.29, 0.717) is 43.4 Å². The number of fused-ring (bicyclic) bond motifs is 1. The molecule has 41 heavy (non-hydrogen) atoms. The van der Waals surface area contributed by atoms with Gasteiger partial charge >= 0.3 is 6.09 Å². The van der Waals surface area contributed by atoms with Crippen molar-refractivity contribution in [2.75, 3.05) is 26.2 Å². The van der Waals surface area contributed by atoms with Gasteiger partial charge in [-0.3, -0.25) is 0 Å². The molecule has 1 fully saturated rings. The number of ether oxygens (including phenoxy) is 1. The van der Waals surface area contributed by atoms with Gasteiger partial charge in [0.2, 0.25) is 10.0 Å². The molecule has 1 amide bonds. The fourth-order valence-corrected chi connectivity index (χ4v) is 8.33. The Labute approximate surface area is 240 Å². The summed E-state index contributed by atoms with van der Waals surface area (Å²) in [7, 11) is -7.43. The number of carbonyl (C=O) groups is 1. The molecule has 1 aromatic carbocycles. The van der Waals surface area contributed by atoms with Crippen LogP contribution in [0.2, 0.25) is 0 Å². The van der Waals surface area contributed by atoms with Crippen molar-refractivity contribution >= 4 is 42.7 Å². The predicted molar refractivity (Wildman–Crippen MR) is 155 cm³/mol. The van der Waals surface area contributed by atoms with Gasteiger partial charge in [-0.2, -0.15) is 4.31 Å². The SMILES string of the molecule is Cc1ccc(S(=O)(=O)n2ccc3c(C4=CCN(S(=O)(=O)C5CCN(C(=O)OC(C)(C)C)CC5)CC4)ncnc32)cc1. The van der Waals surface area contributed by atoms with Gasteiger partial charge in [0.1, 0.15) is 11.9 Å². The van der Waals surface area contributed by atoms with Crippen LogP contribution in [0.3, 0.4) is 0 Å². The Kier molecular flexibility index (Phi) is 7.72. The molecule has 2 aliphatic heterocycles. The molecule has 0 radical (unpaired) electrons. The Morgan fingerprint density at radius 2 is 1.66 bits per heavy atom. The van der Waals surface area contributed by atoms with Crippen LogP contribution in [-0.2, 0) is 24.8 Å². The smallest absolute Gasteiger partial charge is 0.410 e. The molecule has 1 saturated heterocycles. The summed E-state index contributed by atoms with van der Waals surface area (Å²) in [5, 5.41) is 0.0168. The zero-order valence-corrected chi connectivity index (χ0v) is 25.3. The summed E-state index contributed by atoms with van der Waals surface area (Å²) >= 11 is 0. The number of hydrogen-bond donors (Lipinski definition) is 0. The number of sulfonamides is 1. The molecule has 2 aliphatic rings. The maximum absolute atomic E-state index is 13.4. The van der Waals surface area contributed by atoms with E-state index < -0.39 is 37.0 Å². The molecular formula is C28H35N5O6S2. The van der Waals surface area contributed by atoms with Crippen LogP contribution < -0.4 is 0 Å². The van der Waals surface area contributed by atoms with Gasteiger partial charge in [0, 0.05) is 37.8 Å². The van der Waals surface area contributed by atoms with E-state index in [1.54, 1.807) is 56.0 Å². The fourth-order valence-electron chi connectivity index (χ4n) is 5.17. The highest BCUT2D eigenvalue weighted by molar-refractivity contribution is 7.90. The number of nitrogens with zero attached hydrogens (tertiary/aromatic N) is 5. The molecule has 13 heteroatoms. The largest absolute Gasteiger partial charge is 0.444 e. The minimum Gasteiger partial charge on any atom is -0.444 e. The van der Waals surface area contributed by atoms with Crippen LogP contribution in [0.25, 0.3) is 16.6 Å². The van der Waals surface area contributed by atoms with Gasteiger partial charge in [-0.15, -0.1) is 0 Å². The Morgan fingerprint density at radius 3 is 2.27 bits per heavy atom. The molecule has 220 valence electrons. The minimum absolute atomic E-state index is 0.162. The van der Waals surface area contributed by atoms with Gasteiger partial charge in [-0.05, 0) is 70.7 Å². The van der Waals surface area contributed by atoms with E-state index in [0.717, 1.165) is 15.1 Å². The standard InChI is InChI=1S/C28H35N5O6S2/c1-20-5-7-22(8-6-20)41(37,38)33-18-13-24-25(29-19-30-26(24)33)21-9-16-32(17-10-21)40(35,36)23-11-14-31(15-12-23)27(34)39-28(2,3)4/h5-9,13,18-19,23H,10-12,14-17H2,1-4H3. The normalized spacial score (nSPS) is 18.0. The monoisotopic (exact) mass is 601 g/mol. The summed E-state index contributed by atoms with van der Waals surface area (Å²) in [5.74, 6) is 0. The number of rotatable bonds is 5. The predicted octanol–water partition coefficient (Wildman–Crippen LogP) is 3.80. The molecule has 0 spiro atoms. The highest BCUT2D eigenvalue weighted by atomic mass is 32.2. The molecule has 11 nitrogen and oxygen atoms in total. The van der Waals surface area contributed by atoms with Crippen LogP contribution in [-0.4, -0.2) is 83.1 Å². The fraction of sp³-hybridized carbons (Fsp3) is 0.464. The second kappa shape index (κ2) is 10.8. The number of likely N-dealkylation sites (tertiary alicyclic amines) is 1. The molecule has 0 bridgehead atoms. The third-order valence-electron chi connectivity index (χ3n) is 7.38. The van der Waals surface area contributed by atoms with Crippen molar-refractivity contribution in [1.29, 1.82) is 0 Å².